The van der Waals surface area contributed by atoms with Crippen LogP contribution in [0.2, 0.25) is 0 Å². The molecule has 1 saturated heterocycles. The number of imidazole rings is 1. The van der Waals surface area contributed by atoms with E-state index < -0.39 is 6.04 Å². The highest BCUT2D eigenvalue weighted by atomic mass is 16.2. The van der Waals surface area contributed by atoms with Gasteiger partial charge in [0.15, 0.2) is 0 Å². The Balaban J connectivity index is 1.23. The van der Waals surface area contributed by atoms with Crippen molar-refractivity contribution in [1.82, 2.24) is 19.8 Å². The maximum absolute atomic E-state index is 12.9. The molecule has 4 aliphatic rings. The molecule has 32 heavy (non-hydrogen) atoms. The van der Waals surface area contributed by atoms with Crippen molar-refractivity contribution in [2.24, 2.45) is 12.5 Å². The highest BCUT2D eigenvalue weighted by Crippen LogP contribution is 2.58. The van der Waals surface area contributed by atoms with Gasteiger partial charge in [-0.05, 0) is 68.1 Å². The summed E-state index contributed by atoms with van der Waals surface area (Å²) in [6.45, 7) is 0.388. The second-order valence-electron chi connectivity index (χ2n) is 10.1. The van der Waals surface area contributed by atoms with Crippen molar-refractivity contribution in [3.63, 3.8) is 0 Å². The summed E-state index contributed by atoms with van der Waals surface area (Å²) in [4.78, 5) is 43.3. The molecule has 3 amide bonds. The molecule has 2 aromatic rings. The number of imide groups is 1. The summed E-state index contributed by atoms with van der Waals surface area (Å²) in [6.07, 6.45) is 10.7. The molecule has 166 valence electrons. The standard InChI is InChI=1S/C25H28N4O3/c1-28-14-19(26-22(28)15-6-8-25(9-7-15)10-11-25)16-2-3-18-17(12-16)13-29(24(18)32)20-4-5-21(30)27-23(20)31/h2-3,12,14-15,20H,4-11,13H2,1H3,(H,27,30,31). The van der Waals surface area contributed by atoms with Gasteiger partial charge in [0.2, 0.25) is 11.8 Å². The summed E-state index contributed by atoms with van der Waals surface area (Å²) in [7, 11) is 2.08. The number of aryl methyl sites for hydroxylation is 1. The number of hydrogen-bond acceptors (Lipinski definition) is 4. The van der Waals surface area contributed by atoms with E-state index in [9.17, 15) is 14.4 Å². The fourth-order valence-corrected chi connectivity index (χ4v) is 5.90. The third kappa shape index (κ3) is 3.17. The lowest BCUT2D eigenvalue weighted by Gasteiger charge is -2.29. The van der Waals surface area contributed by atoms with Crippen LogP contribution in [0.15, 0.2) is 24.4 Å². The van der Waals surface area contributed by atoms with Crippen LogP contribution in [-0.4, -0.2) is 38.2 Å². The highest BCUT2D eigenvalue weighted by molar-refractivity contribution is 6.05. The van der Waals surface area contributed by atoms with Gasteiger partial charge in [0.25, 0.3) is 5.91 Å². The van der Waals surface area contributed by atoms with Crippen LogP contribution >= 0.6 is 0 Å². The third-order valence-corrected chi connectivity index (χ3v) is 8.10. The molecule has 3 fully saturated rings. The van der Waals surface area contributed by atoms with Crippen LogP contribution in [-0.2, 0) is 23.2 Å². The summed E-state index contributed by atoms with van der Waals surface area (Å²) in [5, 5.41) is 2.36. The van der Waals surface area contributed by atoms with Crippen LogP contribution in [0.1, 0.15) is 79.0 Å². The molecule has 0 bridgehead atoms. The Kier molecular flexibility index (Phi) is 4.32. The van der Waals surface area contributed by atoms with Gasteiger partial charge in [0.05, 0.1) is 5.69 Å². The number of rotatable bonds is 3. The van der Waals surface area contributed by atoms with E-state index in [-0.39, 0.29) is 24.1 Å². The van der Waals surface area contributed by atoms with E-state index in [4.69, 9.17) is 4.98 Å². The first-order valence-electron chi connectivity index (χ1n) is 11.7. The third-order valence-electron chi connectivity index (χ3n) is 8.10. The lowest BCUT2D eigenvalue weighted by molar-refractivity contribution is -0.136. The number of piperidine rings is 1. The molecule has 1 aromatic carbocycles. The molecule has 1 atom stereocenters. The first kappa shape index (κ1) is 19.7. The van der Waals surface area contributed by atoms with E-state index in [1.54, 1.807) is 4.90 Å². The second kappa shape index (κ2) is 7.02. The van der Waals surface area contributed by atoms with Crippen LogP contribution in [0.5, 0.6) is 0 Å². The SMILES string of the molecule is Cn1cc(-c2ccc3c(c2)CN(C2CCC(=O)NC2=O)C3=O)nc1C1CCC2(CC1)CC2. The molecule has 2 aliphatic heterocycles. The summed E-state index contributed by atoms with van der Waals surface area (Å²) < 4.78 is 2.17. The van der Waals surface area contributed by atoms with Crippen LogP contribution in [0.3, 0.4) is 0 Å². The number of benzene rings is 1. The van der Waals surface area contributed by atoms with E-state index in [2.05, 4.69) is 23.1 Å². The average molecular weight is 433 g/mol. The maximum atomic E-state index is 12.9. The van der Waals surface area contributed by atoms with Gasteiger partial charge >= 0.3 is 0 Å². The predicted molar refractivity (Wildman–Crippen MR) is 118 cm³/mol. The zero-order chi connectivity index (χ0) is 22.0. The Labute approximate surface area is 187 Å². The van der Waals surface area contributed by atoms with E-state index in [0.717, 1.165) is 22.6 Å². The molecule has 1 spiro atoms. The topological polar surface area (TPSA) is 84.3 Å². The van der Waals surface area contributed by atoms with Gasteiger partial charge in [-0.15, -0.1) is 0 Å². The molecule has 1 unspecified atom stereocenters. The van der Waals surface area contributed by atoms with Crippen molar-refractivity contribution in [2.45, 2.75) is 69.9 Å². The Morgan fingerprint density at radius 2 is 1.84 bits per heavy atom. The minimum absolute atomic E-state index is 0.140. The number of hydrogen-bond donors (Lipinski definition) is 1. The normalized spacial score (nSPS) is 24.7. The molecule has 7 heteroatoms. The molecular formula is C25H28N4O3. The molecule has 7 nitrogen and oxygen atoms in total. The predicted octanol–water partition coefficient (Wildman–Crippen LogP) is 3.29. The Hall–Kier alpha value is -2.96. The fraction of sp³-hybridized carbons (Fsp3) is 0.520. The second-order valence-corrected chi connectivity index (χ2v) is 10.1. The van der Waals surface area contributed by atoms with E-state index in [0.29, 0.717) is 29.9 Å². The smallest absolute Gasteiger partial charge is 0.255 e. The Morgan fingerprint density at radius 1 is 1.06 bits per heavy atom. The lowest BCUT2D eigenvalue weighted by atomic mass is 9.79. The fourth-order valence-electron chi connectivity index (χ4n) is 5.90. The largest absolute Gasteiger partial charge is 0.337 e. The Bertz CT molecular complexity index is 1140. The molecule has 0 radical (unpaired) electrons. The van der Waals surface area contributed by atoms with Crippen LogP contribution in [0.25, 0.3) is 11.3 Å². The molecule has 2 saturated carbocycles. The number of amides is 3. The molecule has 6 rings (SSSR count). The Morgan fingerprint density at radius 3 is 2.56 bits per heavy atom. The molecular weight excluding hydrogens is 404 g/mol. The summed E-state index contributed by atoms with van der Waals surface area (Å²) >= 11 is 0. The first-order chi connectivity index (χ1) is 15.4. The maximum Gasteiger partial charge on any atom is 0.255 e. The van der Waals surface area contributed by atoms with Crippen LogP contribution < -0.4 is 5.32 Å². The quantitative estimate of drug-likeness (QED) is 0.755. The van der Waals surface area contributed by atoms with Gasteiger partial charge < -0.3 is 9.47 Å². The first-order valence-corrected chi connectivity index (χ1v) is 11.7. The number of fused-ring (bicyclic) bond motifs is 1. The number of nitrogens with one attached hydrogen (secondary N) is 1. The molecule has 2 aliphatic carbocycles. The summed E-state index contributed by atoms with van der Waals surface area (Å²) in [5.41, 5.74) is 4.15. The van der Waals surface area contributed by atoms with Crippen molar-refractivity contribution in [3.05, 3.63) is 41.3 Å². The molecule has 1 N–H and O–H groups in total. The van der Waals surface area contributed by atoms with Crippen molar-refractivity contribution >= 4 is 17.7 Å². The summed E-state index contributed by atoms with van der Waals surface area (Å²) in [6, 6.07) is 5.26. The van der Waals surface area contributed by atoms with Crippen molar-refractivity contribution in [1.29, 1.82) is 0 Å². The van der Waals surface area contributed by atoms with Gasteiger partial charge in [0, 0.05) is 43.3 Å². The van der Waals surface area contributed by atoms with Gasteiger partial charge in [-0.1, -0.05) is 6.07 Å². The highest BCUT2D eigenvalue weighted by Gasteiger charge is 2.45. The minimum Gasteiger partial charge on any atom is -0.337 e. The van der Waals surface area contributed by atoms with E-state index in [1.165, 1.54) is 38.5 Å². The number of aromatic nitrogens is 2. The van der Waals surface area contributed by atoms with Gasteiger partial charge in [-0.3, -0.25) is 19.7 Å². The van der Waals surface area contributed by atoms with Crippen LogP contribution in [0, 0.1) is 5.41 Å². The summed E-state index contributed by atoms with van der Waals surface area (Å²) in [5.74, 6) is 0.904. The van der Waals surface area contributed by atoms with Crippen molar-refractivity contribution in [2.75, 3.05) is 0 Å². The van der Waals surface area contributed by atoms with Crippen molar-refractivity contribution < 1.29 is 14.4 Å². The molecule has 3 heterocycles. The number of carbonyl (C=O) groups excluding carboxylic acids is 3. The van der Waals surface area contributed by atoms with Gasteiger partial charge in [-0.2, -0.15) is 0 Å². The van der Waals surface area contributed by atoms with Crippen LogP contribution in [0.4, 0.5) is 0 Å². The van der Waals surface area contributed by atoms with Crippen molar-refractivity contribution in [3.8, 4) is 11.3 Å². The van der Waals surface area contributed by atoms with Gasteiger partial charge in [-0.25, -0.2) is 4.98 Å². The average Bonchev–Trinajstić information content (AvgIpc) is 3.29. The van der Waals surface area contributed by atoms with E-state index >= 15 is 0 Å². The number of nitrogens with zero attached hydrogens (tertiary/aromatic N) is 3. The zero-order valence-corrected chi connectivity index (χ0v) is 18.4. The van der Waals surface area contributed by atoms with Gasteiger partial charge in [0.1, 0.15) is 11.9 Å². The minimum atomic E-state index is -0.585. The molecule has 1 aromatic heterocycles. The van der Waals surface area contributed by atoms with E-state index in [1.807, 2.05) is 18.2 Å². The monoisotopic (exact) mass is 432 g/mol. The lowest BCUT2D eigenvalue weighted by Crippen LogP contribution is -2.52. The number of carbonyl (C=O) groups is 3. The zero-order valence-electron chi connectivity index (χ0n) is 18.4.